The molecule has 5 heteroatoms. The molecular formula is C12H19N3O2. The molecule has 1 aromatic rings. The van der Waals surface area contributed by atoms with E-state index in [2.05, 4.69) is 9.97 Å². The number of aromatic nitrogens is 2. The Balaban J connectivity index is 1.99. The van der Waals surface area contributed by atoms with Crippen LogP contribution in [0.2, 0.25) is 0 Å². The van der Waals surface area contributed by atoms with E-state index in [1.807, 2.05) is 6.92 Å². The Morgan fingerprint density at radius 2 is 2.24 bits per heavy atom. The minimum absolute atomic E-state index is 0.0284. The lowest BCUT2D eigenvalue weighted by Gasteiger charge is -2.28. The van der Waals surface area contributed by atoms with Crippen LogP contribution in [0.5, 0.6) is 11.9 Å². The standard InChI is InChI=1S/C12H19N3O2/c1-2-16-11-7-8-14-12(15-11)17-10-6-4-3-5-9(10)13/h7-10H,2-6,13H2,1H3. The molecule has 0 saturated heterocycles. The minimum Gasteiger partial charge on any atom is -0.478 e. The zero-order valence-electron chi connectivity index (χ0n) is 10.1. The van der Waals surface area contributed by atoms with Crippen LogP contribution in [0.4, 0.5) is 0 Å². The molecule has 1 aliphatic rings. The summed E-state index contributed by atoms with van der Waals surface area (Å²) < 4.78 is 11.0. The van der Waals surface area contributed by atoms with E-state index in [0.29, 0.717) is 18.5 Å². The highest BCUT2D eigenvalue weighted by Gasteiger charge is 2.24. The molecule has 1 aliphatic carbocycles. The van der Waals surface area contributed by atoms with Crippen molar-refractivity contribution in [1.29, 1.82) is 0 Å². The summed E-state index contributed by atoms with van der Waals surface area (Å²) in [6, 6.07) is 2.17. The van der Waals surface area contributed by atoms with Crippen molar-refractivity contribution in [3.8, 4) is 11.9 Å². The average molecular weight is 237 g/mol. The van der Waals surface area contributed by atoms with Crippen LogP contribution in [0, 0.1) is 0 Å². The maximum atomic E-state index is 6.01. The zero-order valence-corrected chi connectivity index (χ0v) is 10.1. The highest BCUT2D eigenvalue weighted by Crippen LogP contribution is 2.21. The van der Waals surface area contributed by atoms with Gasteiger partial charge in [0.25, 0.3) is 0 Å². The molecule has 2 N–H and O–H groups in total. The van der Waals surface area contributed by atoms with E-state index in [9.17, 15) is 0 Å². The number of nitrogens with zero attached hydrogens (tertiary/aromatic N) is 2. The summed E-state index contributed by atoms with van der Waals surface area (Å²) in [7, 11) is 0. The molecule has 2 unspecified atom stereocenters. The van der Waals surface area contributed by atoms with E-state index in [1.54, 1.807) is 12.3 Å². The summed E-state index contributed by atoms with van der Waals surface area (Å²) in [6.07, 6.45) is 5.99. The molecule has 0 amide bonds. The second-order valence-corrected chi connectivity index (χ2v) is 4.22. The van der Waals surface area contributed by atoms with Crippen LogP contribution in [0.3, 0.4) is 0 Å². The molecule has 1 aromatic heterocycles. The molecule has 1 fully saturated rings. The largest absolute Gasteiger partial charge is 0.478 e. The van der Waals surface area contributed by atoms with Gasteiger partial charge in [-0.3, -0.25) is 0 Å². The van der Waals surface area contributed by atoms with Crippen LogP contribution >= 0.6 is 0 Å². The smallest absolute Gasteiger partial charge is 0.320 e. The molecule has 1 heterocycles. The predicted octanol–water partition coefficient (Wildman–Crippen LogP) is 1.52. The molecule has 17 heavy (non-hydrogen) atoms. The second-order valence-electron chi connectivity index (χ2n) is 4.22. The summed E-state index contributed by atoms with van der Waals surface area (Å²) in [5.74, 6) is 0.543. The third-order valence-corrected chi connectivity index (χ3v) is 2.91. The van der Waals surface area contributed by atoms with E-state index in [4.69, 9.17) is 15.2 Å². The first-order valence-corrected chi connectivity index (χ1v) is 6.17. The highest BCUT2D eigenvalue weighted by molar-refractivity contribution is 5.11. The van der Waals surface area contributed by atoms with Crippen molar-refractivity contribution in [1.82, 2.24) is 9.97 Å². The fourth-order valence-electron chi connectivity index (χ4n) is 2.02. The maximum absolute atomic E-state index is 6.01. The SMILES string of the molecule is CCOc1ccnc(OC2CCCCC2N)n1. The summed E-state index contributed by atoms with van der Waals surface area (Å²) in [5.41, 5.74) is 6.01. The van der Waals surface area contributed by atoms with E-state index >= 15 is 0 Å². The molecule has 0 spiro atoms. The van der Waals surface area contributed by atoms with Crippen LogP contribution in [0.25, 0.3) is 0 Å². The molecule has 0 radical (unpaired) electrons. The van der Waals surface area contributed by atoms with Crippen LogP contribution in [0.15, 0.2) is 12.3 Å². The van der Waals surface area contributed by atoms with Gasteiger partial charge in [-0.25, -0.2) is 4.98 Å². The van der Waals surface area contributed by atoms with Gasteiger partial charge in [0.15, 0.2) is 0 Å². The fourth-order valence-corrected chi connectivity index (χ4v) is 2.02. The van der Waals surface area contributed by atoms with Crippen molar-refractivity contribution in [2.24, 2.45) is 5.73 Å². The van der Waals surface area contributed by atoms with Crippen LogP contribution in [-0.2, 0) is 0 Å². The first-order valence-electron chi connectivity index (χ1n) is 6.17. The first kappa shape index (κ1) is 12.1. The second kappa shape index (κ2) is 5.82. The number of nitrogens with two attached hydrogens (primary N) is 1. The number of hydrogen-bond acceptors (Lipinski definition) is 5. The number of rotatable bonds is 4. The normalized spacial score (nSPS) is 24.4. The van der Waals surface area contributed by atoms with Gasteiger partial charge in [-0.2, -0.15) is 4.98 Å². The monoisotopic (exact) mass is 237 g/mol. The zero-order chi connectivity index (χ0) is 12.1. The molecule has 0 aliphatic heterocycles. The molecule has 94 valence electrons. The quantitative estimate of drug-likeness (QED) is 0.859. The van der Waals surface area contributed by atoms with Gasteiger partial charge in [0.1, 0.15) is 6.10 Å². The molecule has 1 saturated carbocycles. The molecule has 5 nitrogen and oxygen atoms in total. The molecule has 0 bridgehead atoms. The van der Waals surface area contributed by atoms with Gasteiger partial charge in [0.2, 0.25) is 5.88 Å². The third kappa shape index (κ3) is 3.30. The molecular weight excluding hydrogens is 218 g/mol. The summed E-state index contributed by atoms with van der Waals surface area (Å²) in [5, 5.41) is 0. The van der Waals surface area contributed by atoms with E-state index in [0.717, 1.165) is 19.3 Å². The van der Waals surface area contributed by atoms with E-state index in [1.165, 1.54) is 6.42 Å². The number of hydrogen-bond donors (Lipinski definition) is 1. The van der Waals surface area contributed by atoms with E-state index in [-0.39, 0.29) is 12.1 Å². The van der Waals surface area contributed by atoms with Gasteiger partial charge in [-0.1, -0.05) is 6.42 Å². The Morgan fingerprint density at radius 3 is 3.00 bits per heavy atom. The lowest BCUT2D eigenvalue weighted by molar-refractivity contribution is 0.119. The highest BCUT2D eigenvalue weighted by atomic mass is 16.5. The van der Waals surface area contributed by atoms with Gasteiger partial charge in [-0.15, -0.1) is 0 Å². The summed E-state index contributed by atoms with van der Waals surface area (Å²) >= 11 is 0. The van der Waals surface area contributed by atoms with Crippen LogP contribution < -0.4 is 15.2 Å². The predicted molar refractivity (Wildman–Crippen MR) is 64.1 cm³/mol. The Labute approximate surface area is 101 Å². The van der Waals surface area contributed by atoms with Gasteiger partial charge >= 0.3 is 6.01 Å². The molecule has 2 rings (SSSR count). The summed E-state index contributed by atoms with van der Waals surface area (Å²) in [6.45, 7) is 2.50. The van der Waals surface area contributed by atoms with Crippen molar-refractivity contribution >= 4 is 0 Å². The first-order chi connectivity index (χ1) is 8.29. The lowest BCUT2D eigenvalue weighted by Crippen LogP contribution is -2.41. The Hall–Kier alpha value is -1.36. The van der Waals surface area contributed by atoms with Gasteiger partial charge in [-0.05, 0) is 26.2 Å². The third-order valence-electron chi connectivity index (χ3n) is 2.91. The van der Waals surface area contributed by atoms with Crippen molar-refractivity contribution in [3.05, 3.63) is 12.3 Å². The van der Waals surface area contributed by atoms with Crippen molar-refractivity contribution in [2.45, 2.75) is 44.8 Å². The number of ether oxygens (including phenoxy) is 2. The van der Waals surface area contributed by atoms with Crippen molar-refractivity contribution < 1.29 is 9.47 Å². The Bertz CT molecular complexity index is 359. The minimum atomic E-state index is 0.0284. The molecule has 0 aromatic carbocycles. The Morgan fingerprint density at radius 1 is 1.41 bits per heavy atom. The topological polar surface area (TPSA) is 70.3 Å². The van der Waals surface area contributed by atoms with Gasteiger partial charge < -0.3 is 15.2 Å². The molecule has 2 atom stereocenters. The van der Waals surface area contributed by atoms with Crippen LogP contribution in [-0.4, -0.2) is 28.7 Å². The average Bonchev–Trinajstić information content (AvgIpc) is 2.33. The summed E-state index contributed by atoms with van der Waals surface area (Å²) in [4.78, 5) is 8.26. The fraction of sp³-hybridized carbons (Fsp3) is 0.667. The maximum Gasteiger partial charge on any atom is 0.320 e. The van der Waals surface area contributed by atoms with Gasteiger partial charge in [0.05, 0.1) is 6.61 Å². The van der Waals surface area contributed by atoms with Gasteiger partial charge in [0, 0.05) is 18.3 Å². The van der Waals surface area contributed by atoms with E-state index < -0.39 is 0 Å². The lowest BCUT2D eigenvalue weighted by atomic mass is 9.93. The van der Waals surface area contributed by atoms with Crippen molar-refractivity contribution in [3.63, 3.8) is 0 Å². The van der Waals surface area contributed by atoms with Crippen molar-refractivity contribution in [2.75, 3.05) is 6.61 Å². The Kier molecular flexibility index (Phi) is 4.14. The van der Waals surface area contributed by atoms with Crippen LogP contribution in [0.1, 0.15) is 32.6 Å².